The number of fused-ring (bicyclic) bond motifs is 1. The molecule has 1 amide bonds. The lowest BCUT2D eigenvalue weighted by molar-refractivity contribution is -0.0161. The van der Waals surface area contributed by atoms with Gasteiger partial charge in [0.05, 0.1) is 12.1 Å². The summed E-state index contributed by atoms with van der Waals surface area (Å²) in [7, 11) is 0. The van der Waals surface area contributed by atoms with Gasteiger partial charge in [0.2, 0.25) is 0 Å². The summed E-state index contributed by atoms with van der Waals surface area (Å²) in [5.74, 6) is 0.292. The van der Waals surface area contributed by atoms with Gasteiger partial charge in [-0.25, -0.2) is 0 Å². The summed E-state index contributed by atoms with van der Waals surface area (Å²) >= 11 is 5.89. The molecule has 5 heteroatoms. The van der Waals surface area contributed by atoms with Crippen LogP contribution in [0.3, 0.4) is 0 Å². The minimum atomic E-state index is -0.108. The van der Waals surface area contributed by atoms with Crippen LogP contribution in [0.15, 0.2) is 18.2 Å². The highest BCUT2D eigenvalue weighted by Crippen LogP contribution is 2.37. The lowest BCUT2D eigenvalue weighted by atomic mass is 9.72. The van der Waals surface area contributed by atoms with Crippen molar-refractivity contribution >= 4 is 17.5 Å². The van der Waals surface area contributed by atoms with Gasteiger partial charge in [-0.2, -0.15) is 0 Å². The molecule has 1 aromatic carbocycles. The Balaban J connectivity index is 1.71. The summed E-state index contributed by atoms with van der Waals surface area (Å²) in [5.41, 5.74) is 7.58. The molecule has 4 atom stereocenters. The molecule has 0 bridgehead atoms. The molecule has 1 saturated carbocycles. The molecule has 0 aromatic heterocycles. The number of hydrogen-bond donors (Lipinski definition) is 2. The van der Waals surface area contributed by atoms with Gasteiger partial charge in [0.1, 0.15) is 0 Å². The second kappa shape index (κ2) is 4.78. The Hall–Kier alpha value is -1.10. The Morgan fingerprint density at radius 2 is 2.32 bits per heavy atom. The van der Waals surface area contributed by atoms with Crippen LogP contribution in [0.1, 0.15) is 22.3 Å². The maximum atomic E-state index is 12.2. The van der Waals surface area contributed by atoms with Gasteiger partial charge in [-0.1, -0.05) is 11.6 Å². The Morgan fingerprint density at radius 3 is 3.05 bits per heavy atom. The number of nitrogens with one attached hydrogen (secondary N) is 1. The zero-order chi connectivity index (χ0) is 13.6. The van der Waals surface area contributed by atoms with Crippen LogP contribution in [-0.2, 0) is 4.74 Å². The molecule has 102 valence electrons. The molecule has 1 heterocycles. The summed E-state index contributed by atoms with van der Waals surface area (Å²) < 4.78 is 5.61. The van der Waals surface area contributed by atoms with E-state index in [2.05, 4.69) is 5.32 Å². The van der Waals surface area contributed by atoms with Crippen molar-refractivity contribution in [2.24, 2.45) is 11.7 Å². The van der Waals surface area contributed by atoms with E-state index in [-0.39, 0.29) is 24.1 Å². The average molecular weight is 281 g/mol. The fourth-order valence-electron chi connectivity index (χ4n) is 3.04. The van der Waals surface area contributed by atoms with Crippen molar-refractivity contribution in [1.29, 1.82) is 0 Å². The molecule has 4 nitrogen and oxygen atoms in total. The summed E-state index contributed by atoms with van der Waals surface area (Å²) in [5, 5.41) is 3.62. The molecular formula is C14H17ClN2O2. The normalized spacial score (nSPS) is 32.6. The van der Waals surface area contributed by atoms with Crippen molar-refractivity contribution in [3.05, 3.63) is 34.3 Å². The van der Waals surface area contributed by atoms with E-state index in [0.717, 1.165) is 18.6 Å². The molecule has 0 spiro atoms. The molecule has 3 N–H and O–H groups in total. The van der Waals surface area contributed by atoms with E-state index < -0.39 is 0 Å². The Morgan fingerprint density at radius 1 is 1.53 bits per heavy atom. The molecule has 0 radical (unpaired) electrons. The second-order valence-corrected chi connectivity index (χ2v) is 5.76. The summed E-state index contributed by atoms with van der Waals surface area (Å²) in [6.45, 7) is 2.62. The molecule has 1 saturated heterocycles. The van der Waals surface area contributed by atoms with E-state index >= 15 is 0 Å². The van der Waals surface area contributed by atoms with Gasteiger partial charge in [0, 0.05) is 29.2 Å². The van der Waals surface area contributed by atoms with Crippen molar-refractivity contribution in [1.82, 2.24) is 5.32 Å². The number of benzene rings is 1. The van der Waals surface area contributed by atoms with E-state index in [1.165, 1.54) is 0 Å². The van der Waals surface area contributed by atoms with Crippen LogP contribution < -0.4 is 11.1 Å². The molecule has 19 heavy (non-hydrogen) atoms. The van der Waals surface area contributed by atoms with Gasteiger partial charge in [-0.3, -0.25) is 4.79 Å². The van der Waals surface area contributed by atoms with Crippen LogP contribution in [0.2, 0.25) is 5.02 Å². The van der Waals surface area contributed by atoms with E-state index in [0.29, 0.717) is 16.5 Å². The van der Waals surface area contributed by atoms with Crippen molar-refractivity contribution in [3.63, 3.8) is 0 Å². The van der Waals surface area contributed by atoms with Gasteiger partial charge in [0.25, 0.3) is 5.91 Å². The molecule has 1 aliphatic heterocycles. The van der Waals surface area contributed by atoms with Gasteiger partial charge >= 0.3 is 0 Å². The van der Waals surface area contributed by atoms with Crippen LogP contribution in [0.25, 0.3) is 0 Å². The van der Waals surface area contributed by atoms with Gasteiger partial charge in [-0.15, -0.1) is 0 Å². The minimum Gasteiger partial charge on any atom is -0.376 e. The Labute approximate surface area is 117 Å². The summed E-state index contributed by atoms with van der Waals surface area (Å²) in [6.07, 6.45) is 1.09. The number of hydrogen-bond acceptors (Lipinski definition) is 3. The average Bonchev–Trinajstić information content (AvgIpc) is 2.80. The van der Waals surface area contributed by atoms with Crippen LogP contribution in [0.5, 0.6) is 0 Å². The SMILES string of the molecule is Cc1cc(Cl)ccc1C(=O)NC1C(N)C2CCOC21. The fraction of sp³-hybridized carbons (Fsp3) is 0.500. The first-order valence-corrected chi connectivity index (χ1v) is 6.90. The Bertz CT molecular complexity index is 520. The highest BCUT2D eigenvalue weighted by atomic mass is 35.5. The number of rotatable bonds is 2. The van der Waals surface area contributed by atoms with Crippen LogP contribution in [0.4, 0.5) is 0 Å². The Kier molecular flexibility index (Phi) is 3.25. The highest BCUT2D eigenvalue weighted by Gasteiger charge is 2.52. The monoisotopic (exact) mass is 280 g/mol. The molecule has 1 aliphatic carbocycles. The second-order valence-electron chi connectivity index (χ2n) is 5.32. The first-order valence-electron chi connectivity index (χ1n) is 6.52. The van der Waals surface area contributed by atoms with E-state index in [1.54, 1.807) is 18.2 Å². The number of amides is 1. The third-order valence-corrected chi connectivity index (χ3v) is 4.41. The van der Waals surface area contributed by atoms with Crippen molar-refractivity contribution in [2.45, 2.75) is 31.5 Å². The quantitative estimate of drug-likeness (QED) is 0.863. The maximum Gasteiger partial charge on any atom is 0.251 e. The topological polar surface area (TPSA) is 64.4 Å². The maximum absolute atomic E-state index is 12.2. The van der Waals surface area contributed by atoms with Crippen LogP contribution in [0, 0.1) is 12.8 Å². The number of nitrogens with two attached hydrogens (primary N) is 1. The number of carbonyl (C=O) groups is 1. The molecule has 2 aliphatic rings. The molecular weight excluding hydrogens is 264 g/mol. The molecule has 2 fully saturated rings. The van der Waals surface area contributed by atoms with Gasteiger partial charge in [0.15, 0.2) is 0 Å². The largest absolute Gasteiger partial charge is 0.376 e. The highest BCUT2D eigenvalue weighted by molar-refractivity contribution is 6.30. The zero-order valence-electron chi connectivity index (χ0n) is 10.7. The van der Waals surface area contributed by atoms with Crippen molar-refractivity contribution in [2.75, 3.05) is 6.61 Å². The number of carbonyl (C=O) groups excluding carboxylic acids is 1. The third kappa shape index (κ3) is 2.14. The lowest BCUT2D eigenvalue weighted by Gasteiger charge is -2.45. The standard InChI is InChI=1S/C14H17ClN2O2/c1-7-6-8(15)2-3-9(7)14(18)17-12-11(16)10-4-5-19-13(10)12/h2-3,6,10-13H,4-5,16H2,1H3,(H,17,18). The predicted octanol–water partition coefficient (Wildman–Crippen LogP) is 1.49. The minimum absolute atomic E-state index is 0.00376. The number of ether oxygens (including phenoxy) is 1. The van der Waals surface area contributed by atoms with E-state index in [9.17, 15) is 4.79 Å². The molecule has 1 aromatic rings. The number of aryl methyl sites for hydroxylation is 1. The first-order chi connectivity index (χ1) is 9.08. The molecule has 4 unspecified atom stereocenters. The fourth-order valence-corrected chi connectivity index (χ4v) is 3.27. The van der Waals surface area contributed by atoms with E-state index in [4.69, 9.17) is 22.1 Å². The number of halogens is 1. The molecule has 3 rings (SSSR count). The smallest absolute Gasteiger partial charge is 0.251 e. The van der Waals surface area contributed by atoms with E-state index in [1.807, 2.05) is 6.92 Å². The first kappa shape index (κ1) is 12.9. The van der Waals surface area contributed by atoms with Crippen LogP contribution in [-0.4, -0.2) is 30.7 Å². The third-order valence-electron chi connectivity index (χ3n) is 4.18. The lowest BCUT2D eigenvalue weighted by Crippen LogP contribution is -2.69. The van der Waals surface area contributed by atoms with Gasteiger partial charge < -0.3 is 15.8 Å². The zero-order valence-corrected chi connectivity index (χ0v) is 11.5. The predicted molar refractivity (Wildman–Crippen MR) is 73.3 cm³/mol. The van der Waals surface area contributed by atoms with Crippen molar-refractivity contribution < 1.29 is 9.53 Å². The van der Waals surface area contributed by atoms with Crippen molar-refractivity contribution in [3.8, 4) is 0 Å². The summed E-state index contributed by atoms with van der Waals surface area (Å²) in [6, 6.07) is 5.18. The summed E-state index contributed by atoms with van der Waals surface area (Å²) in [4.78, 5) is 12.2. The van der Waals surface area contributed by atoms with Crippen LogP contribution >= 0.6 is 11.6 Å². The van der Waals surface area contributed by atoms with Gasteiger partial charge in [-0.05, 0) is 37.1 Å².